The fourth-order valence-electron chi connectivity index (χ4n) is 7.86. The van der Waals surface area contributed by atoms with Crippen LogP contribution in [0.1, 0.15) is 81.0 Å². The number of nitrogens with one attached hydrogen (secondary N) is 1. The monoisotopic (exact) mass is 704 g/mol. The Morgan fingerprint density at radius 1 is 0.882 bits per heavy atom. The van der Waals surface area contributed by atoms with Gasteiger partial charge < -0.3 is 15.5 Å². The number of imide groups is 2. The fourth-order valence-corrected chi connectivity index (χ4v) is 8.45. The van der Waals surface area contributed by atoms with Gasteiger partial charge in [0.05, 0.1) is 23.0 Å². The number of anilines is 2. The first-order chi connectivity index (χ1) is 24.7. The van der Waals surface area contributed by atoms with Crippen molar-refractivity contribution in [2.24, 2.45) is 11.1 Å². The molecule has 3 fully saturated rings. The van der Waals surface area contributed by atoms with Gasteiger partial charge in [0, 0.05) is 62.0 Å². The molecule has 0 bridgehead atoms. The highest BCUT2D eigenvalue weighted by Crippen LogP contribution is 2.43. The van der Waals surface area contributed by atoms with Gasteiger partial charge >= 0.3 is 0 Å². The van der Waals surface area contributed by atoms with Crippen LogP contribution in [0.3, 0.4) is 0 Å². The summed E-state index contributed by atoms with van der Waals surface area (Å²) in [6.45, 7) is 3.62. The molecule has 0 aliphatic carbocycles. The zero-order chi connectivity index (χ0) is 35.3. The summed E-state index contributed by atoms with van der Waals surface area (Å²) in [5, 5.41) is 4.85. The summed E-state index contributed by atoms with van der Waals surface area (Å²) >= 11 is 1.46. The van der Waals surface area contributed by atoms with Crippen molar-refractivity contribution < 1.29 is 24.0 Å². The van der Waals surface area contributed by atoms with Crippen LogP contribution in [0, 0.1) is 5.41 Å². The van der Waals surface area contributed by atoms with E-state index >= 15 is 0 Å². The van der Waals surface area contributed by atoms with E-state index in [9.17, 15) is 24.0 Å². The normalized spacial score (nSPS) is 20.2. The molecule has 4 aliphatic rings. The van der Waals surface area contributed by atoms with E-state index < -0.39 is 35.6 Å². The summed E-state index contributed by atoms with van der Waals surface area (Å²) in [7, 11) is 0. The Balaban J connectivity index is 0.875. The lowest BCUT2D eigenvalue weighted by Gasteiger charge is -2.48. The maximum atomic E-state index is 13.3. The van der Waals surface area contributed by atoms with Crippen LogP contribution in [0.25, 0.3) is 10.7 Å². The Bertz CT molecular complexity index is 2050. The van der Waals surface area contributed by atoms with Gasteiger partial charge in [0.25, 0.3) is 17.7 Å². The first-order valence-electron chi connectivity index (χ1n) is 17.2. The Morgan fingerprint density at radius 2 is 1.55 bits per heavy atom. The first-order valence-corrected chi connectivity index (χ1v) is 18.1. The summed E-state index contributed by atoms with van der Waals surface area (Å²) in [6, 6.07) is 12.8. The molecule has 51 heavy (non-hydrogen) atoms. The van der Waals surface area contributed by atoms with Crippen LogP contribution in [0.15, 0.2) is 60.2 Å². The second-order valence-electron chi connectivity index (χ2n) is 13.7. The van der Waals surface area contributed by atoms with E-state index in [4.69, 9.17) is 5.73 Å². The molecule has 8 rings (SSSR count). The SMILES string of the molecule is NC(=O)c1ncc(-c2nccs2)nc1Cc1ccc(N2CCC3(CC2)CCN(c2ccc4c(c2)C(=O)N(C2CCC(=O)NC2=O)C4=O)CC3)cc1. The van der Waals surface area contributed by atoms with Gasteiger partial charge in [-0.2, -0.15) is 0 Å². The lowest BCUT2D eigenvalue weighted by molar-refractivity contribution is -0.136. The van der Waals surface area contributed by atoms with Gasteiger partial charge in [0.15, 0.2) is 0 Å². The van der Waals surface area contributed by atoms with Crippen LogP contribution in [-0.4, -0.2) is 81.6 Å². The van der Waals surface area contributed by atoms with Gasteiger partial charge in [0.1, 0.15) is 22.4 Å². The van der Waals surface area contributed by atoms with Crippen molar-refractivity contribution in [3.63, 3.8) is 0 Å². The van der Waals surface area contributed by atoms with Gasteiger partial charge in [-0.15, -0.1) is 11.3 Å². The molecule has 13 nitrogen and oxygen atoms in total. The number of hydrogen-bond acceptors (Lipinski definition) is 11. The standard InChI is InChI=1S/C37H36N8O5S/c38-32(47)31-27(41-28(21-40-31)34-39-13-18-51-34)19-22-1-3-23(4-2-22)43-14-9-37(10-15-43)11-16-44(17-12-37)24-5-6-25-26(20-24)36(50)45(35(25)49)29-7-8-30(46)42-33(29)48/h1-6,13,18,20-21,29H,7-12,14-17,19H2,(H2,38,47)(H,42,46,48). The maximum Gasteiger partial charge on any atom is 0.269 e. The zero-order valence-electron chi connectivity index (χ0n) is 27.8. The highest BCUT2D eigenvalue weighted by atomic mass is 32.1. The number of amides is 5. The number of aromatic nitrogens is 3. The van der Waals surface area contributed by atoms with E-state index in [2.05, 4.69) is 54.3 Å². The van der Waals surface area contributed by atoms with E-state index in [1.54, 1.807) is 18.3 Å². The lowest BCUT2D eigenvalue weighted by Crippen LogP contribution is -2.54. The van der Waals surface area contributed by atoms with Gasteiger partial charge in [-0.1, -0.05) is 12.1 Å². The molecule has 1 unspecified atom stereocenters. The van der Waals surface area contributed by atoms with Gasteiger partial charge in [-0.05, 0) is 73.4 Å². The van der Waals surface area contributed by atoms with E-state index in [0.717, 1.165) is 78.7 Å². The predicted octanol–water partition coefficient (Wildman–Crippen LogP) is 3.58. The predicted molar refractivity (Wildman–Crippen MR) is 189 cm³/mol. The molecule has 0 saturated carbocycles. The summed E-state index contributed by atoms with van der Waals surface area (Å²) in [6.07, 6.45) is 8.15. The molecule has 6 heterocycles. The van der Waals surface area contributed by atoms with Crippen molar-refractivity contribution in [3.05, 3.63) is 88.3 Å². The first kappa shape index (κ1) is 32.7. The van der Waals surface area contributed by atoms with Crippen LogP contribution < -0.4 is 20.9 Å². The average Bonchev–Trinajstić information content (AvgIpc) is 3.76. The molecular formula is C37H36N8O5S. The number of nitrogens with two attached hydrogens (primary N) is 1. The highest BCUT2D eigenvalue weighted by molar-refractivity contribution is 7.13. The van der Waals surface area contributed by atoms with Crippen molar-refractivity contribution in [2.45, 2.75) is 51.0 Å². The van der Waals surface area contributed by atoms with Crippen LogP contribution in [0.2, 0.25) is 0 Å². The molecule has 2 aromatic carbocycles. The van der Waals surface area contributed by atoms with Crippen molar-refractivity contribution >= 4 is 52.2 Å². The molecular weight excluding hydrogens is 669 g/mol. The van der Waals surface area contributed by atoms with E-state index in [-0.39, 0.29) is 24.0 Å². The summed E-state index contributed by atoms with van der Waals surface area (Å²) in [5.74, 6) is -2.57. The maximum absolute atomic E-state index is 13.3. The molecule has 2 aromatic heterocycles. The quantitative estimate of drug-likeness (QED) is 0.271. The molecule has 260 valence electrons. The van der Waals surface area contributed by atoms with Crippen LogP contribution >= 0.6 is 11.3 Å². The molecule has 3 saturated heterocycles. The number of carbonyl (C=O) groups is 5. The minimum atomic E-state index is -0.971. The Labute approximate surface area is 297 Å². The zero-order valence-corrected chi connectivity index (χ0v) is 28.7. The number of benzene rings is 2. The molecule has 1 spiro atoms. The topological polar surface area (TPSA) is 172 Å². The van der Waals surface area contributed by atoms with Gasteiger partial charge in [-0.25, -0.2) is 15.0 Å². The van der Waals surface area contributed by atoms with Crippen LogP contribution in [0.5, 0.6) is 0 Å². The summed E-state index contributed by atoms with van der Waals surface area (Å²) in [5.41, 5.74) is 10.9. The van der Waals surface area contributed by atoms with E-state index in [1.165, 1.54) is 17.5 Å². The highest BCUT2D eigenvalue weighted by Gasteiger charge is 2.45. The van der Waals surface area contributed by atoms with Gasteiger partial charge in [0.2, 0.25) is 11.8 Å². The van der Waals surface area contributed by atoms with Crippen LogP contribution in [0.4, 0.5) is 11.4 Å². The number of hydrogen-bond donors (Lipinski definition) is 2. The second-order valence-corrected chi connectivity index (χ2v) is 14.6. The Morgan fingerprint density at radius 3 is 2.20 bits per heavy atom. The molecule has 0 radical (unpaired) electrons. The van der Waals surface area contributed by atoms with Crippen molar-refractivity contribution in [3.8, 4) is 10.7 Å². The average molecular weight is 705 g/mol. The third kappa shape index (κ3) is 6.13. The Hall–Kier alpha value is -5.50. The summed E-state index contributed by atoms with van der Waals surface area (Å²) in [4.78, 5) is 81.6. The minimum Gasteiger partial charge on any atom is -0.371 e. The number of thiazole rings is 1. The van der Waals surface area contributed by atoms with E-state index in [1.807, 2.05) is 11.4 Å². The van der Waals surface area contributed by atoms with Crippen molar-refractivity contribution in [1.82, 2.24) is 25.2 Å². The second kappa shape index (κ2) is 13.0. The molecule has 5 amide bonds. The third-order valence-corrected chi connectivity index (χ3v) is 11.6. The number of rotatable bonds is 7. The van der Waals surface area contributed by atoms with Crippen molar-refractivity contribution in [1.29, 1.82) is 0 Å². The number of carbonyl (C=O) groups excluding carboxylic acids is 5. The number of fused-ring (bicyclic) bond motifs is 1. The molecule has 3 N–H and O–H groups in total. The number of primary amides is 1. The van der Waals surface area contributed by atoms with E-state index in [0.29, 0.717) is 28.9 Å². The molecule has 4 aromatic rings. The van der Waals surface area contributed by atoms with Gasteiger partial charge in [-0.3, -0.25) is 34.2 Å². The van der Waals surface area contributed by atoms with Crippen LogP contribution in [-0.2, 0) is 16.0 Å². The molecule has 1 atom stereocenters. The smallest absolute Gasteiger partial charge is 0.269 e. The largest absolute Gasteiger partial charge is 0.371 e. The summed E-state index contributed by atoms with van der Waals surface area (Å²) < 4.78 is 0. The minimum absolute atomic E-state index is 0.0929. The Kier molecular flexibility index (Phi) is 8.33. The molecule has 4 aliphatic heterocycles. The number of piperidine rings is 3. The van der Waals surface area contributed by atoms with Crippen molar-refractivity contribution in [2.75, 3.05) is 36.0 Å². The fraction of sp³-hybridized carbons (Fsp3) is 0.351. The number of nitrogens with zero attached hydrogens (tertiary/aromatic N) is 6. The third-order valence-electron chi connectivity index (χ3n) is 10.8. The lowest BCUT2D eigenvalue weighted by atomic mass is 9.71. The molecule has 14 heteroatoms.